The molecule has 0 unspecified atom stereocenters. The molecule has 0 amide bonds. The van der Waals surface area contributed by atoms with Crippen LogP contribution in [-0.2, 0) is 6.42 Å². The molecule has 0 saturated heterocycles. The summed E-state index contributed by atoms with van der Waals surface area (Å²) in [5.74, 6) is 1.54. The Kier molecular flexibility index (Phi) is 10.7. The summed E-state index contributed by atoms with van der Waals surface area (Å²) in [6.07, 6.45) is 12.0. The summed E-state index contributed by atoms with van der Waals surface area (Å²) in [4.78, 5) is 4.49. The summed E-state index contributed by atoms with van der Waals surface area (Å²) >= 11 is 0. The quantitative estimate of drug-likeness (QED) is 0.249. The van der Waals surface area contributed by atoms with E-state index in [1.54, 1.807) is 6.08 Å². The van der Waals surface area contributed by atoms with Crippen LogP contribution in [0.15, 0.2) is 78.0 Å². The SMILES string of the molecule is C=C/C=C(\N/C(=C\C(N)=Nc1ccc(C)cc1)CC)c1ccc(C)c(CC)c1.CC1CCC1. The zero-order valence-corrected chi connectivity index (χ0v) is 21.1. The van der Waals surface area contributed by atoms with Crippen LogP contribution in [0.2, 0.25) is 0 Å². The van der Waals surface area contributed by atoms with Gasteiger partial charge in [0.15, 0.2) is 0 Å². The van der Waals surface area contributed by atoms with Crippen LogP contribution in [-0.4, -0.2) is 5.84 Å². The van der Waals surface area contributed by atoms with E-state index < -0.39 is 0 Å². The first kappa shape index (κ1) is 26.2. The van der Waals surface area contributed by atoms with E-state index in [4.69, 9.17) is 5.73 Å². The minimum Gasteiger partial charge on any atom is -0.384 e. The fraction of sp³-hybridized carbons (Fsp3) is 0.367. The van der Waals surface area contributed by atoms with Crippen molar-refractivity contribution in [2.45, 2.75) is 66.7 Å². The smallest absolute Gasteiger partial charge is 0.125 e. The van der Waals surface area contributed by atoms with Crippen molar-refractivity contribution in [2.75, 3.05) is 0 Å². The summed E-state index contributed by atoms with van der Waals surface area (Å²) in [6.45, 7) is 14.6. The second-order valence-corrected chi connectivity index (χ2v) is 8.87. The molecular weight excluding hydrogens is 402 g/mol. The molecule has 0 atom stereocenters. The summed E-state index contributed by atoms with van der Waals surface area (Å²) in [5.41, 5.74) is 14.0. The molecule has 33 heavy (non-hydrogen) atoms. The van der Waals surface area contributed by atoms with E-state index in [2.05, 4.69) is 69.7 Å². The molecular formula is C30H41N3. The van der Waals surface area contributed by atoms with Crippen LogP contribution in [0.3, 0.4) is 0 Å². The third kappa shape index (κ3) is 8.76. The van der Waals surface area contributed by atoms with Gasteiger partial charge in [-0.05, 0) is 79.6 Å². The average molecular weight is 444 g/mol. The van der Waals surface area contributed by atoms with Crippen LogP contribution in [0.4, 0.5) is 5.69 Å². The Morgan fingerprint density at radius 2 is 1.79 bits per heavy atom. The van der Waals surface area contributed by atoms with E-state index in [-0.39, 0.29) is 0 Å². The highest BCUT2D eigenvalue weighted by Crippen LogP contribution is 2.24. The van der Waals surface area contributed by atoms with Crippen molar-refractivity contribution in [2.24, 2.45) is 16.6 Å². The highest BCUT2D eigenvalue weighted by Gasteiger charge is 2.09. The summed E-state index contributed by atoms with van der Waals surface area (Å²) in [6, 6.07) is 14.5. The molecule has 1 fully saturated rings. The van der Waals surface area contributed by atoms with Crippen LogP contribution in [0, 0.1) is 19.8 Å². The standard InChI is InChI=1S/C25H31N3.C5H10/c1-6-9-24(21-13-12-19(5)20(7-2)16-21)27-22(8-3)17-25(26)28-23-14-10-18(4)11-15-23;1-5-3-2-4-5/h6,9-17,27H,1,7-8H2,2-5H3,(H2,26,28);5H,2-4H2,1H3/b22-17-,24-9-;. The number of allylic oxidation sites excluding steroid dienone is 3. The normalized spacial score (nSPS) is 14.8. The van der Waals surface area contributed by atoms with Gasteiger partial charge in [0.25, 0.3) is 0 Å². The Balaban J connectivity index is 0.000000678. The van der Waals surface area contributed by atoms with Gasteiger partial charge in [0.05, 0.1) is 5.69 Å². The zero-order valence-electron chi connectivity index (χ0n) is 21.1. The molecule has 0 radical (unpaired) electrons. The molecule has 3 heteroatoms. The number of amidine groups is 1. The lowest BCUT2D eigenvalue weighted by molar-refractivity contribution is 0.346. The van der Waals surface area contributed by atoms with Crippen molar-refractivity contribution in [1.82, 2.24) is 5.32 Å². The van der Waals surface area contributed by atoms with Crippen molar-refractivity contribution in [3.63, 3.8) is 0 Å². The van der Waals surface area contributed by atoms with E-state index in [0.717, 1.165) is 41.4 Å². The van der Waals surface area contributed by atoms with E-state index >= 15 is 0 Å². The predicted molar refractivity (Wildman–Crippen MR) is 146 cm³/mol. The number of benzene rings is 2. The molecule has 176 valence electrons. The van der Waals surface area contributed by atoms with Gasteiger partial charge in [-0.15, -0.1) is 0 Å². The molecule has 3 N–H and O–H groups in total. The minimum absolute atomic E-state index is 0.476. The Labute approximate surface area is 201 Å². The molecule has 0 aliphatic heterocycles. The number of nitrogens with zero attached hydrogens (tertiary/aromatic N) is 1. The average Bonchev–Trinajstić information content (AvgIpc) is 2.79. The lowest BCUT2D eigenvalue weighted by atomic mass is 9.88. The third-order valence-corrected chi connectivity index (χ3v) is 6.01. The Bertz CT molecular complexity index is 990. The monoisotopic (exact) mass is 443 g/mol. The van der Waals surface area contributed by atoms with Crippen LogP contribution in [0.25, 0.3) is 5.70 Å². The maximum absolute atomic E-state index is 6.17. The number of nitrogens with one attached hydrogen (secondary N) is 1. The highest BCUT2D eigenvalue weighted by atomic mass is 14.9. The molecule has 0 heterocycles. The van der Waals surface area contributed by atoms with Gasteiger partial charge < -0.3 is 11.1 Å². The molecule has 3 nitrogen and oxygen atoms in total. The number of aryl methyl sites for hydroxylation is 3. The van der Waals surface area contributed by atoms with Crippen molar-refractivity contribution in [3.8, 4) is 0 Å². The number of rotatable bonds is 8. The second-order valence-electron chi connectivity index (χ2n) is 8.87. The van der Waals surface area contributed by atoms with Gasteiger partial charge in [0.1, 0.15) is 5.84 Å². The van der Waals surface area contributed by atoms with Crippen molar-refractivity contribution >= 4 is 17.2 Å². The third-order valence-electron chi connectivity index (χ3n) is 6.01. The highest BCUT2D eigenvalue weighted by molar-refractivity contribution is 5.94. The van der Waals surface area contributed by atoms with Gasteiger partial charge in [-0.3, -0.25) is 0 Å². The lowest BCUT2D eigenvalue weighted by Crippen LogP contribution is -2.16. The molecule has 1 aliphatic carbocycles. The van der Waals surface area contributed by atoms with Gasteiger partial charge >= 0.3 is 0 Å². The topological polar surface area (TPSA) is 50.4 Å². The molecule has 1 saturated carbocycles. The van der Waals surface area contributed by atoms with Gasteiger partial charge in [-0.1, -0.05) is 82.5 Å². The molecule has 0 bridgehead atoms. The molecule has 0 aromatic heterocycles. The van der Waals surface area contributed by atoms with Gasteiger partial charge in [-0.25, -0.2) is 4.99 Å². The van der Waals surface area contributed by atoms with Crippen LogP contribution < -0.4 is 11.1 Å². The van der Waals surface area contributed by atoms with Gasteiger partial charge in [0, 0.05) is 11.4 Å². The largest absolute Gasteiger partial charge is 0.384 e. The predicted octanol–water partition coefficient (Wildman–Crippen LogP) is 7.77. The molecule has 0 spiro atoms. The first-order valence-electron chi connectivity index (χ1n) is 12.2. The van der Waals surface area contributed by atoms with Crippen LogP contribution in [0.5, 0.6) is 0 Å². The summed E-state index contributed by atoms with van der Waals surface area (Å²) in [5, 5.41) is 3.51. The molecule has 3 rings (SSSR count). The first-order valence-corrected chi connectivity index (χ1v) is 12.2. The van der Waals surface area contributed by atoms with Crippen LogP contribution in [0.1, 0.15) is 68.7 Å². The number of hydrogen-bond donors (Lipinski definition) is 2. The summed E-state index contributed by atoms with van der Waals surface area (Å²) in [7, 11) is 0. The lowest BCUT2D eigenvalue weighted by Gasteiger charge is -2.18. The Hall–Kier alpha value is -3.07. The van der Waals surface area contributed by atoms with E-state index in [1.807, 2.05) is 36.4 Å². The Morgan fingerprint density at radius 1 is 1.12 bits per heavy atom. The maximum atomic E-state index is 6.17. The second kappa shape index (κ2) is 13.5. The summed E-state index contributed by atoms with van der Waals surface area (Å²) < 4.78 is 0. The van der Waals surface area contributed by atoms with Crippen LogP contribution >= 0.6 is 0 Å². The number of hydrogen-bond acceptors (Lipinski definition) is 2. The minimum atomic E-state index is 0.476. The number of aliphatic imine (C=N–C) groups is 1. The van der Waals surface area contributed by atoms with E-state index in [9.17, 15) is 0 Å². The van der Waals surface area contributed by atoms with Crippen molar-refractivity contribution in [3.05, 3.63) is 95.2 Å². The van der Waals surface area contributed by atoms with Gasteiger partial charge in [-0.2, -0.15) is 0 Å². The maximum Gasteiger partial charge on any atom is 0.125 e. The van der Waals surface area contributed by atoms with Gasteiger partial charge in [0.2, 0.25) is 0 Å². The van der Waals surface area contributed by atoms with E-state index in [1.165, 1.54) is 36.0 Å². The van der Waals surface area contributed by atoms with Crippen molar-refractivity contribution in [1.29, 1.82) is 0 Å². The Morgan fingerprint density at radius 3 is 2.30 bits per heavy atom. The first-order chi connectivity index (χ1) is 15.9. The van der Waals surface area contributed by atoms with Crippen molar-refractivity contribution < 1.29 is 0 Å². The molecule has 1 aliphatic rings. The zero-order chi connectivity index (χ0) is 24.2. The molecule has 2 aromatic carbocycles. The number of nitrogens with two attached hydrogens (primary N) is 1. The molecule has 2 aromatic rings. The fourth-order valence-electron chi connectivity index (χ4n) is 3.54. The fourth-order valence-corrected chi connectivity index (χ4v) is 3.54. The van der Waals surface area contributed by atoms with E-state index in [0.29, 0.717) is 5.84 Å².